The van der Waals surface area contributed by atoms with Crippen molar-refractivity contribution in [3.8, 4) is 11.1 Å². The molecule has 8 nitrogen and oxygen atoms in total. The van der Waals surface area contributed by atoms with Gasteiger partial charge < -0.3 is 25.2 Å². The first-order valence-electron chi connectivity index (χ1n) is 13.4. The number of ether oxygens (including phenoxy) is 2. The van der Waals surface area contributed by atoms with Crippen molar-refractivity contribution >= 4 is 23.7 Å². The minimum absolute atomic E-state index is 0.0363. The summed E-state index contributed by atoms with van der Waals surface area (Å²) < 4.78 is 25.2. The van der Waals surface area contributed by atoms with Crippen molar-refractivity contribution in [2.75, 3.05) is 11.9 Å². The van der Waals surface area contributed by atoms with Crippen LogP contribution in [0.1, 0.15) is 39.9 Å². The molecule has 9 heteroatoms. The Kier molecular flexibility index (Phi) is 8.59. The molecule has 0 fully saturated rings. The van der Waals surface area contributed by atoms with Gasteiger partial charge in [-0.2, -0.15) is 0 Å². The average molecular weight is 569 g/mol. The van der Waals surface area contributed by atoms with Gasteiger partial charge in [-0.25, -0.2) is 14.0 Å². The third kappa shape index (κ3) is 6.31. The molecule has 0 aromatic heterocycles. The van der Waals surface area contributed by atoms with Crippen molar-refractivity contribution in [3.05, 3.63) is 125 Å². The molecule has 0 heterocycles. The first-order valence-corrected chi connectivity index (χ1v) is 13.4. The number of alkyl carbamates (subject to hydrolysis) is 1. The molecule has 2 atom stereocenters. The molecule has 0 saturated heterocycles. The van der Waals surface area contributed by atoms with Gasteiger partial charge in [-0.15, -0.1) is 0 Å². The smallest absolute Gasteiger partial charge is 0.407 e. The Morgan fingerprint density at radius 2 is 1.50 bits per heavy atom. The van der Waals surface area contributed by atoms with Crippen LogP contribution in [0.5, 0.6) is 0 Å². The van der Waals surface area contributed by atoms with E-state index in [2.05, 4.69) is 10.6 Å². The summed E-state index contributed by atoms with van der Waals surface area (Å²) in [6, 6.07) is 26.9. The number of benzene rings is 4. The third-order valence-corrected chi connectivity index (χ3v) is 7.19. The fraction of sp³-hybridized carbons (Fsp3) is 0.182. The minimum atomic E-state index is -1.42. The number of rotatable bonds is 10. The van der Waals surface area contributed by atoms with Crippen molar-refractivity contribution in [1.29, 1.82) is 0 Å². The molecule has 0 aliphatic heterocycles. The van der Waals surface area contributed by atoms with E-state index in [4.69, 9.17) is 9.47 Å². The van der Waals surface area contributed by atoms with Crippen molar-refractivity contribution in [2.45, 2.75) is 31.6 Å². The SMILES string of the molecule is CC(OCc1ccccc1)C(NC(=O)OCC1c2ccccc2-c2ccccc21)C(=O)Nc1ccc(F)cc1C(=O)O. The van der Waals surface area contributed by atoms with Gasteiger partial charge in [0.2, 0.25) is 5.91 Å². The van der Waals surface area contributed by atoms with E-state index in [1.165, 1.54) is 0 Å². The van der Waals surface area contributed by atoms with Gasteiger partial charge in [0.1, 0.15) is 18.5 Å². The summed E-state index contributed by atoms with van der Waals surface area (Å²) >= 11 is 0. The van der Waals surface area contributed by atoms with Gasteiger partial charge in [0.25, 0.3) is 0 Å². The number of anilines is 1. The van der Waals surface area contributed by atoms with Crippen LogP contribution in [-0.2, 0) is 20.9 Å². The Hall–Kier alpha value is -5.02. The molecular weight excluding hydrogens is 539 g/mol. The molecule has 0 spiro atoms. The van der Waals surface area contributed by atoms with Crippen molar-refractivity contribution in [1.82, 2.24) is 5.32 Å². The average Bonchev–Trinajstić information content (AvgIpc) is 3.32. The van der Waals surface area contributed by atoms with Crippen LogP contribution < -0.4 is 10.6 Å². The Labute approximate surface area is 242 Å². The van der Waals surface area contributed by atoms with E-state index in [1.807, 2.05) is 78.9 Å². The van der Waals surface area contributed by atoms with Crippen molar-refractivity contribution in [2.24, 2.45) is 0 Å². The maximum absolute atomic E-state index is 13.7. The van der Waals surface area contributed by atoms with Gasteiger partial charge in [-0.3, -0.25) is 4.79 Å². The van der Waals surface area contributed by atoms with Gasteiger partial charge in [-0.05, 0) is 52.9 Å². The van der Waals surface area contributed by atoms with Crippen LogP contribution in [-0.4, -0.2) is 41.8 Å². The number of carboxylic acid groups (broad SMARTS) is 1. The topological polar surface area (TPSA) is 114 Å². The van der Waals surface area contributed by atoms with Gasteiger partial charge in [-0.1, -0.05) is 78.9 Å². The minimum Gasteiger partial charge on any atom is -0.478 e. The standard InChI is InChI=1S/C33H29FN2O6/c1-20(41-18-21-9-3-2-4-10-21)30(31(37)35-29-16-15-22(34)17-27(29)32(38)39)36-33(40)42-19-28-25-13-7-5-11-23(25)24-12-6-8-14-26(24)28/h2-17,20,28,30H,18-19H2,1H3,(H,35,37)(H,36,40)(H,38,39). The largest absolute Gasteiger partial charge is 0.478 e. The summed E-state index contributed by atoms with van der Waals surface area (Å²) in [6.07, 6.45) is -1.69. The van der Waals surface area contributed by atoms with E-state index in [0.29, 0.717) is 0 Å². The molecule has 1 aliphatic rings. The predicted molar refractivity (Wildman–Crippen MR) is 155 cm³/mol. The molecule has 42 heavy (non-hydrogen) atoms. The fourth-order valence-corrected chi connectivity index (χ4v) is 5.07. The summed E-state index contributed by atoms with van der Waals surface area (Å²) in [5, 5.41) is 14.6. The zero-order chi connectivity index (χ0) is 29.6. The molecule has 1 aliphatic carbocycles. The molecule has 5 rings (SSSR count). The van der Waals surface area contributed by atoms with Crippen LogP contribution >= 0.6 is 0 Å². The number of amides is 2. The molecule has 3 N–H and O–H groups in total. The quantitative estimate of drug-likeness (QED) is 0.217. The van der Waals surface area contributed by atoms with Crippen LogP contribution in [0.3, 0.4) is 0 Å². The summed E-state index contributed by atoms with van der Waals surface area (Å²) in [7, 11) is 0. The van der Waals surface area contributed by atoms with E-state index >= 15 is 0 Å². The van der Waals surface area contributed by atoms with Crippen LogP contribution in [0.25, 0.3) is 11.1 Å². The highest BCUT2D eigenvalue weighted by atomic mass is 19.1. The fourth-order valence-electron chi connectivity index (χ4n) is 5.07. The third-order valence-electron chi connectivity index (χ3n) is 7.19. The summed E-state index contributed by atoms with van der Waals surface area (Å²) in [4.78, 5) is 38.1. The van der Waals surface area contributed by atoms with Gasteiger partial charge >= 0.3 is 12.1 Å². The molecule has 4 aromatic carbocycles. The van der Waals surface area contributed by atoms with Crippen molar-refractivity contribution in [3.63, 3.8) is 0 Å². The zero-order valence-electron chi connectivity index (χ0n) is 22.8. The lowest BCUT2D eigenvalue weighted by molar-refractivity contribution is -0.121. The maximum atomic E-state index is 13.7. The number of hydrogen-bond donors (Lipinski definition) is 3. The van der Waals surface area contributed by atoms with Gasteiger partial charge in [0.15, 0.2) is 0 Å². The summed E-state index contributed by atoms with van der Waals surface area (Å²) in [6.45, 7) is 1.81. The van der Waals surface area contributed by atoms with Gasteiger partial charge in [0.05, 0.1) is 24.0 Å². The zero-order valence-corrected chi connectivity index (χ0v) is 22.8. The van der Waals surface area contributed by atoms with E-state index < -0.39 is 41.5 Å². The van der Waals surface area contributed by atoms with E-state index in [-0.39, 0.29) is 24.8 Å². The number of hydrogen-bond acceptors (Lipinski definition) is 5. The highest BCUT2D eigenvalue weighted by Crippen LogP contribution is 2.44. The molecule has 0 bridgehead atoms. The van der Waals surface area contributed by atoms with E-state index in [0.717, 1.165) is 46.0 Å². The second-order valence-corrected chi connectivity index (χ2v) is 9.93. The lowest BCUT2D eigenvalue weighted by atomic mass is 9.98. The second-order valence-electron chi connectivity index (χ2n) is 9.93. The predicted octanol–water partition coefficient (Wildman–Crippen LogP) is 5.98. The number of halogens is 1. The molecule has 0 saturated carbocycles. The highest BCUT2D eigenvalue weighted by Gasteiger charge is 2.32. The maximum Gasteiger partial charge on any atom is 0.407 e. The summed E-state index contributed by atoms with van der Waals surface area (Å²) in [5.41, 5.74) is 4.54. The molecule has 0 radical (unpaired) electrons. The highest BCUT2D eigenvalue weighted by molar-refractivity contribution is 6.03. The molecule has 4 aromatic rings. The lowest BCUT2D eigenvalue weighted by Gasteiger charge is -2.25. The van der Waals surface area contributed by atoms with Crippen LogP contribution in [0.15, 0.2) is 97.1 Å². The molecule has 2 unspecified atom stereocenters. The Morgan fingerprint density at radius 1 is 0.881 bits per heavy atom. The second kappa shape index (κ2) is 12.7. The number of aromatic carboxylic acids is 1. The molecule has 214 valence electrons. The Balaban J connectivity index is 1.32. The molecular formula is C33H29FN2O6. The lowest BCUT2D eigenvalue weighted by Crippen LogP contribution is -2.51. The first-order chi connectivity index (χ1) is 20.3. The first kappa shape index (κ1) is 28.5. The van der Waals surface area contributed by atoms with E-state index in [1.54, 1.807) is 6.92 Å². The number of fused-ring (bicyclic) bond motifs is 3. The summed E-state index contributed by atoms with van der Waals surface area (Å²) in [5.74, 6) is -3.12. The monoisotopic (exact) mass is 568 g/mol. The molecule has 2 amide bonds. The normalized spacial score (nSPS) is 13.4. The van der Waals surface area contributed by atoms with Crippen LogP contribution in [0.4, 0.5) is 14.9 Å². The van der Waals surface area contributed by atoms with Gasteiger partial charge in [0, 0.05) is 5.92 Å². The van der Waals surface area contributed by atoms with Crippen LogP contribution in [0.2, 0.25) is 0 Å². The number of carboxylic acids is 1. The Morgan fingerprint density at radius 3 is 2.14 bits per heavy atom. The number of carbonyl (C=O) groups excluding carboxylic acids is 2. The van der Waals surface area contributed by atoms with Crippen molar-refractivity contribution < 1.29 is 33.4 Å². The van der Waals surface area contributed by atoms with Crippen LogP contribution in [0, 0.1) is 5.82 Å². The number of nitrogens with one attached hydrogen (secondary N) is 2. The van der Waals surface area contributed by atoms with E-state index in [9.17, 15) is 23.9 Å². The number of carbonyl (C=O) groups is 3. The Bertz CT molecular complexity index is 1560.